The molecule has 1 heterocycles. The minimum Gasteiger partial charge on any atom is -0.388 e. The Labute approximate surface area is 41.5 Å². The van der Waals surface area contributed by atoms with Crippen molar-refractivity contribution in [2.24, 2.45) is 0 Å². The summed E-state index contributed by atoms with van der Waals surface area (Å²) in [4.78, 5) is 0. The Morgan fingerprint density at radius 3 is 1.71 bits per heavy atom. The molecule has 0 bridgehead atoms. The molecule has 1 saturated heterocycles. The van der Waals surface area contributed by atoms with E-state index in [1.807, 2.05) is 0 Å². The average molecular weight is 104 g/mol. The maximum Gasteiger partial charge on any atom is 0.105 e. The van der Waals surface area contributed by atoms with Gasteiger partial charge in [0.1, 0.15) is 12.2 Å². The van der Waals surface area contributed by atoms with Gasteiger partial charge in [0.05, 0.1) is 13.2 Å². The lowest BCUT2D eigenvalue weighted by Gasteiger charge is -2.00. The molecule has 42 valence electrons. The molecule has 0 aliphatic carbocycles. The van der Waals surface area contributed by atoms with Crippen LogP contribution in [0.25, 0.3) is 0 Å². The summed E-state index contributed by atoms with van der Waals surface area (Å²) in [5, 5.41) is 17.2. The van der Waals surface area contributed by atoms with E-state index < -0.39 is 12.2 Å². The van der Waals surface area contributed by atoms with Crippen molar-refractivity contribution in [1.82, 2.24) is 0 Å². The van der Waals surface area contributed by atoms with Crippen molar-refractivity contribution in [3.05, 3.63) is 0 Å². The third-order valence-corrected chi connectivity index (χ3v) is 1.02. The number of rotatable bonds is 0. The minimum atomic E-state index is -0.653. The van der Waals surface area contributed by atoms with Gasteiger partial charge in [-0.2, -0.15) is 0 Å². The predicted octanol–water partition coefficient (Wildman–Crippen LogP) is -1.26. The molecule has 1 unspecified atom stereocenters. The van der Waals surface area contributed by atoms with E-state index in [1.165, 1.54) is 0 Å². The smallest absolute Gasteiger partial charge is 0.105 e. The van der Waals surface area contributed by atoms with Crippen molar-refractivity contribution in [3.8, 4) is 0 Å². The first kappa shape index (κ1) is 5.03. The minimum absolute atomic E-state index is 0.279. The molecule has 7 heavy (non-hydrogen) atoms. The standard InChI is InChI=1S/C4H8O3/c5-3-1-7-2-4(3)6/h3-6H,1-2H2/t3-,4?/m1/s1. The third kappa shape index (κ3) is 0.907. The second kappa shape index (κ2) is 1.78. The highest BCUT2D eigenvalue weighted by Gasteiger charge is 2.22. The molecule has 1 fully saturated rings. The van der Waals surface area contributed by atoms with Crippen molar-refractivity contribution in [1.29, 1.82) is 0 Å². The fraction of sp³-hybridized carbons (Fsp3) is 1.00. The highest BCUT2D eigenvalue weighted by atomic mass is 16.5. The molecule has 0 spiro atoms. The Kier molecular flexibility index (Phi) is 1.27. The van der Waals surface area contributed by atoms with Crippen molar-refractivity contribution >= 4 is 0 Å². The van der Waals surface area contributed by atoms with E-state index >= 15 is 0 Å². The molecule has 0 radical (unpaired) electrons. The summed E-state index contributed by atoms with van der Waals surface area (Å²) in [6.45, 7) is 0.558. The summed E-state index contributed by atoms with van der Waals surface area (Å²) in [5.74, 6) is 0. The van der Waals surface area contributed by atoms with Gasteiger partial charge < -0.3 is 14.9 Å². The lowest BCUT2D eigenvalue weighted by Crippen LogP contribution is -2.22. The fourth-order valence-electron chi connectivity index (χ4n) is 0.532. The monoisotopic (exact) mass is 104 g/mol. The van der Waals surface area contributed by atoms with Crippen LogP contribution in [0.15, 0.2) is 0 Å². The zero-order valence-electron chi connectivity index (χ0n) is 3.87. The van der Waals surface area contributed by atoms with Crippen LogP contribution >= 0.6 is 0 Å². The molecule has 0 aromatic carbocycles. The summed E-state index contributed by atoms with van der Waals surface area (Å²) >= 11 is 0. The number of ether oxygens (including phenoxy) is 1. The molecule has 0 aromatic heterocycles. The zero-order valence-corrected chi connectivity index (χ0v) is 3.87. The highest BCUT2D eigenvalue weighted by Crippen LogP contribution is 2.02. The van der Waals surface area contributed by atoms with Crippen LogP contribution < -0.4 is 0 Å². The fourth-order valence-corrected chi connectivity index (χ4v) is 0.532. The Morgan fingerprint density at radius 2 is 1.57 bits per heavy atom. The van der Waals surface area contributed by atoms with E-state index in [1.54, 1.807) is 0 Å². The number of aliphatic hydroxyl groups is 2. The molecule has 0 amide bonds. The normalized spacial score (nSPS) is 42.0. The molecule has 3 heteroatoms. The number of aliphatic hydroxyl groups excluding tert-OH is 2. The van der Waals surface area contributed by atoms with Crippen LogP contribution in [0.5, 0.6) is 0 Å². The molecular weight excluding hydrogens is 96.0 g/mol. The Morgan fingerprint density at radius 1 is 1.14 bits per heavy atom. The first-order valence-electron chi connectivity index (χ1n) is 2.24. The van der Waals surface area contributed by atoms with Crippen molar-refractivity contribution in [2.45, 2.75) is 12.2 Å². The highest BCUT2D eigenvalue weighted by molar-refractivity contribution is 4.71. The van der Waals surface area contributed by atoms with Crippen molar-refractivity contribution < 1.29 is 14.9 Å². The van der Waals surface area contributed by atoms with Gasteiger partial charge in [0, 0.05) is 0 Å². The SMILES string of the molecule is OC1COC[C@H]1O. The number of hydrogen-bond acceptors (Lipinski definition) is 3. The van der Waals surface area contributed by atoms with Crippen molar-refractivity contribution in [3.63, 3.8) is 0 Å². The number of hydrogen-bond donors (Lipinski definition) is 2. The van der Waals surface area contributed by atoms with Gasteiger partial charge in [-0.05, 0) is 0 Å². The summed E-state index contributed by atoms with van der Waals surface area (Å²) in [7, 11) is 0. The summed E-state index contributed by atoms with van der Waals surface area (Å²) < 4.78 is 4.67. The van der Waals surface area contributed by atoms with Crippen LogP contribution in [-0.4, -0.2) is 35.6 Å². The average Bonchev–Trinajstić information content (AvgIpc) is 1.91. The van der Waals surface area contributed by atoms with Crippen LogP contribution in [0.2, 0.25) is 0 Å². The summed E-state index contributed by atoms with van der Waals surface area (Å²) in [6, 6.07) is 0. The van der Waals surface area contributed by atoms with Crippen LogP contribution in [0.1, 0.15) is 0 Å². The maximum atomic E-state index is 8.62. The van der Waals surface area contributed by atoms with E-state index in [2.05, 4.69) is 4.74 Å². The third-order valence-electron chi connectivity index (χ3n) is 1.02. The molecule has 3 nitrogen and oxygen atoms in total. The maximum absolute atomic E-state index is 8.62. The van der Waals surface area contributed by atoms with E-state index in [0.29, 0.717) is 0 Å². The van der Waals surface area contributed by atoms with Gasteiger partial charge in [-0.3, -0.25) is 0 Å². The Hall–Kier alpha value is -0.120. The molecular formula is C4H8O3. The molecule has 2 atom stereocenters. The van der Waals surface area contributed by atoms with E-state index in [9.17, 15) is 0 Å². The molecule has 1 aliphatic heterocycles. The Bertz CT molecular complexity index is 56.0. The van der Waals surface area contributed by atoms with Crippen LogP contribution in [0.4, 0.5) is 0 Å². The largest absolute Gasteiger partial charge is 0.388 e. The van der Waals surface area contributed by atoms with Gasteiger partial charge in [-0.25, -0.2) is 0 Å². The molecule has 0 aromatic rings. The van der Waals surface area contributed by atoms with Gasteiger partial charge in [0.25, 0.3) is 0 Å². The second-order valence-electron chi connectivity index (χ2n) is 1.67. The van der Waals surface area contributed by atoms with E-state index in [4.69, 9.17) is 10.2 Å². The van der Waals surface area contributed by atoms with Crippen LogP contribution in [-0.2, 0) is 4.74 Å². The van der Waals surface area contributed by atoms with E-state index in [0.717, 1.165) is 0 Å². The molecule has 1 aliphatic rings. The topological polar surface area (TPSA) is 49.7 Å². The molecule has 1 rings (SSSR count). The van der Waals surface area contributed by atoms with Crippen LogP contribution in [0, 0.1) is 0 Å². The first-order valence-corrected chi connectivity index (χ1v) is 2.24. The lowest BCUT2D eigenvalue weighted by molar-refractivity contribution is 0.0572. The van der Waals surface area contributed by atoms with Gasteiger partial charge >= 0.3 is 0 Å². The Balaban J connectivity index is 2.33. The van der Waals surface area contributed by atoms with Gasteiger partial charge in [-0.15, -0.1) is 0 Å². The quantitative estimate of drug-likeness (QED) is 0.403. The second-order valence-corrected chi connectivity index (χ2v) is 1.67. The van der Waals surface area contributed by atoms with Gasteiger partial charge in [0.2, 0.25) is 0 Å². The van der Waals surface area contributed by atoms with E-state index in [-0.39, 0.29) is 13.2 Å². The zero-order chi connectivity index (χ0) is 5.28. The summed E-state index contributed by atoms with van der Waals surface area (Å²) in [6.07, 6.45) is -1.31. The van der Waals surface area contributed by atoms with Gasteiger partial charge in [-0.1, -0.05) is 0 Å². The molecule has 0 saturated carbocycles. The lowest BCUT2D eigenvalue weighted by atomic mass is 10.3. The van der Waals surface area contributed by atoms with Crippen molar-refractivity contribution in [2.75, 3.05) is 13.2 Å². The predicted molar refractivity (Wildman–Crippen MR) is 22.8 cm³/mol. The summed E-state index contributed by atoms with van der Waals surface area (Å²) in [5.41, 5.74) is 0. The van der Waals surface area contributed by atoms with Crippen LogP contribution in [0.3, 0.4) is 0 Å². The first-order chi connectivity index (χ1) is 3.30. The molecule has 2 N–H and O–H groups in total. The van der Waals surface area contributed by atoms with Gasteiger partial charge in [0.15, 0.2) is 0 Å².